The Kier molecular flexibility index (Phi) is 14.7. The number of aldehydes is 1. The number of aryl methyl sites for hydroxylation is 1. The summed E-state index contributed by atoms with van der Waals surface area (Å²) in [6.45, 7) is 0.718. The molecule has 0 aromatic heterocycles. The highest BCUT2D eigenvalue weighted by Gasteiger charge is 2.24. The van der Waals surface area contributed by atoms with E-state index in [9.17, 15) is 24.0 Å². The van der Waals surface area contributed by atoms with Crippen molar-refractivity contribution in [2.45, 2.75) is 13.5 Å². The third-order valence-corrected chi connectivity index (χ3v) is 7.04. The fraction of sp³-hybridized carbons (Fsp3) is 0.343. The van der Waals surface area contributed by atoms with Crippen molar-refractivity contribution >= 4 is 41.5 Å². The van der Waals surface area contributed by atoms with Crippen LogP contribution in [0.4, 0.5) is 11.4 Å². The molecule has 0 spiro atoms. The number of esters is 4. The topological polar surface area (TPSA) is 156 Å². The van der Waals surface area contributed by atoms with E-state index in [1.165, 1.54) is 50.4 Å². The van der Waals surface area contributed by atoms with Crippen molar-refractivity contribution in [1.82, 2.24) is 0 Å². The highest BCUT2D eigenvalue weighted by Crippen LogP contribution is 2.36. The van der Waals surface area contributed by atoms with Crippen LogP contribution in [0.25, 0.3) is 0 Å². The lowest BCUT2D eigenvalue weighted by atomic mass is 10.1. The number of benzene rings is 3. The van der Waals surface area contributed by atoms with E-state index < -0.39 is 23.9 Å². The van der Waals surface area contributed by atoms with E-state index in [-0.39, 0.29) is 68.7 Å². The lowest BCUT2D eigenvalue weighted by Gasteiger charge is -2.26. The standard InChI is InChI=1S/C35H40N2O12/c1-24-11-12-27(36(18-32(39)43-2)19-33(40)44-3)30(15-24)47-13-14-48-31-16-26(22-38)29(49-23-25-9-7-6-8-10-25)17-28(31)37(20-34(41)45-4)21-35(42)46-5/h6-12,15-17,22H,13-14,18-21,23H2,1-5H3. The normalized spacial score (nSPS) is 10.3. The third kappa shape index (κ3) is 11.4. The lowest BCUT2D eigenvalue weighted by Crippen LogP contribution is -2.36. The van der Waals surface area contributed by atoms with Crippen molar-refractivity contribution in [3.05, 3.63) is 77.4 Å². The van der Waals surface area contributed by atoms with Crippen LogP contribution in [0, 0.1) is 6.92 Å². The number of carbonyl (C=O) groups is 5. The van der Waals surface area contributed by atoms with Crippen molar-refractivity contribution < 1.29 is 57.1 Å². The summed E-state index contributed by atoms with van der Waals surface area (Å²) >= 11 is 0. The number of hydrogen-bond acceptors (Lipinski definition) is 14. The lowest BCUT2D eigenvalue weighted by molar-refractivity contribution is -0.141. The van der Waals surface area contributed by atoms with Crippen LogP contribution in [-0.4, -0.2) is 98.0 Å². The minimum absolute atomic E-state index is 0.0309. The molecular weight excluding hydrogens is 640 g/mol. The van der Waals surface area contributed by atoms with Gasteiger partial charge in [0.2, 0.25) is 0 Å². The number of methoxy groups -OCH3 is 4. The molecule has 0 unspecified atom stereocenters. The van der Waals surface area contributed by atoms with Gasteiger partial charge in [-0.3, -0.25) is 24.0 Å². The maximum absolute atomic E-state index is 12.4. The second-order valence-electron chi connectivity index (χ2n) is 10.4. The predicted octanol–water partition coefficient (Wildman–Crippen LogP) is 3.15. The van der Waals surface area contributed by atoms with Gasteiger partial charge in [-0.05, 0) is 36.2 Å². The number of ether oxygens (including phenoxy) is 7. The molecule has 0 saturated carbocycles. The molecule has 3 aromatic rings. The molecular formula is C35H40N2O12. The molecule has 0 bridgehead atoms. The van der Waals surface area contributed by atoms with Crippen molar-refractivity contribution in [3.8, 4) is 17.2 Å². The van der Waals surface area contributed by atoms with Crippen molar-refractivity contribution in [2.75, 3.05) is 77.6 Å². The van der Waals surface area contributed by atoms with Gasteiger partial charge in [-0.25, -0.2) is 0 Å². The van der Waals surface area contributed by atoms with E-state index in [1.807, 2.05) is 37.3 Å². The molecule has 3 aromatic carbocycles. The second kappa shape index (κ2) is 19.1. The van der Waals surface area contributed by atoms with E-state index in [1.54, 1.807) is 18.2 Å². The summed E-state index contributed by atoms with van der Waals surface area (Å²) in [6.07, 6.45) is 0.606. The number of carbonyl (C=O) groups excluding carboxylic acids is 5. The zero-order valence-electron chi connectivity index (χ0n) is 28.1. The van der Waals surface area contributed by atoms with Crippen LogP contribution in [0.3, 0.4) is 0 Å². The second-order valence-corrected chi connectivity index (χ2v) is 10.4. The van der Waals surface area contributed by atoms with Gasteiger partial charge >= 0.3 is 23.9 Å². The van der Waals surface area contributed by atoms with Crippen LogP contribution in [0.1, 0.15) is 21.5 Å². The average molecular weight is 681 g/mol. The summed E-state index contributed by atoms with van der Waals surface area (Å²) in [6, 6.07) is 17.5. The maximum Gasteiger partial charge on any atom is 0.325 e. The molecule has 0 fully saturated rings. The maximum atomic E-state index is 12.4. The molecule has 0 amide bonds. The molecule has 0 saturated heterocycles. The van der Waals surface area contributed by atoms with E-state index in [4.69, 9.17) is 33.2 Å². The van der Waals surface area contributed by atoms with Gasteiger partial charge in [0.25, 0.3) is 0 Å². The quantitative estimate of drug-likeness (QED) is 0.0787. The van der Waals surface area contributed by atoms with Crippen LogP contribution >= 0.6 is 0 Å². The smallest absolute Gasteiger partial charge is 0.325 e. The molecule has 0 aliphatic rings. The average Bonchev–Trinajstić information content (AvgIpc) is 3.11. The Morgan fingerprint density at radius 3 is 1.57 bits per heavy atom. The van der Waals surface area contributed by atoms with Gasteiger partial charge in [0, 0.05) is 6.07 Å². The van der Waals surface area contributed by atoms with E-state index >= 15 is 0 Å². The molecule has 0 N–H and O–H groups in total. The molecule has 14 heteroatoms. The zero-order chi connectivity index (χ0) is 35.8. The summed E-state index contributed by atoms with van der Waals surface area (Å²) in [5.74, 6) is -1.73. The summed E-state index contributed by atoms with van der Waals surface area (Å²) in [7, 11) is 4.92. The summed E-state index contributed by atoms with van der Waals surface area (Å²) in [5, 5.41) is 0. The molecule has 0 heterocycles. The van der Waals surface area contributed by atoms with Gasteiger partial charge in [0.15, 0.2) is 6.29 Å². The van der Waals surface area contributed by atoms with Gasteiger partial charge < -0.3 is 43.0 Å². The monoisotopic (exact) mass is 680 g/mol. The third-order valence-electron chi connectivity index (χ3n) is 7.04. The SMILES string of the molecule is COC(=O)CN(CC(=O)OC)c1ccc(C)cc1OCCOc1cc(C=O)c(OCc2ccccc2)cc1N(CC(=O)OC)CC(=O)OC. The molecule has 0 atom stereocenters. The van der Waals surface area contributed by atoms with Crippen molar-refractivity contribution in [2.24, 2.45) is 0 Å². The summed E-state index contributed by atoms with van der Waals surface area (Å²) < 4.78 is 37.4. The van der Waals surface area contributed by atoms with Crippen LogP contribution in [-0.2, 0) is 44.7 Å². The van der Waals surface area contributed by atoms with Crippen molar-refractivity contribution in [3.63, 3.8) is 0 Å². The first-order valence-corrected chi connectivity index (χ1v) is 15.1. The molecule has 49 heavy (non-hydrogen) atoms. The fourth-order valence-corrected chi connectivity index (χ4v) is 4.52. The van der Waals surface area contributed by atoms with E-state index in [0.29, 0.717) is 17.7 Å². The van der Waals surface area contributed by atoms with Gasteiger partial charge in [0.1, 0.15) is 63.2 Å². The Morgan fingerprint density at radius 2 is 1.08 bits per heavy atom. The Labute approximate surface area is 284 Å². The summed E-state index contributed by atoms with van der Waals surface area (Å²) in [5.41, 5.74) is 2.55. The summed E-state index contributed by atoms with van der Waals surface area (Å²) in [4.78, 5) is 64.0. The van der Waals surface area contributed by atoms with Crippen molar-refractivity contribution in [1.29, 1.82) is 0 Å². The van der Waals surface area contributed by atoms with Gasteiger partial charge in [-0.2, -0.15) is 0 Å². The van der Waals surface area contributed by atoms with E-state index in [0.717, 1.165) is 11.1 Å². The molecule has 0 aliphatic heterocycles. The number of rotatable bonds is 19. The molecule has 0 radical (unpaired) electrons. The zero-order valence-corrected chi connectivity index (χ0v) is 28.1. The minimum atomic E-state index is -0.639. The molecule has 262 valence electrons. The number of anilines is 2. The first-order valence-electron chi connectivity index (χ1n) is 15.1. The van der Waals surface area contributed by atoms with Gasteiger partial charge in [0.05, 0.1) is 45.4 Å². The van der Waals surface area contributed by atoms with Crippen LogP contribution in [0.15, 0.2) is 60.7 Å². The first-order chi connectivity index (χ1) is 23.6. The molecule has 0 aliphatic carbocycles. The first kappa shape index (κ1) is 37.7. The minimum Gasteiger partial charge on any atom is -0.488 e. The van der Waals surface area contributed by atoms with Gasteiger partial charge in [-0.1, -0.05) is 36.4 Å². The Hall–Kier alpha value is -5.79. The number of hydrogen-bond donors (Lipinski definition) is 0. The van der Waals surface area contributed by atoms with Crippen LogP contribution in [0.2, 0.25) is 0 Å². The largest absolute Gasteiger partial charge is 0.488 e. The predicted molar refractivity (Wildman–Crippen MR) is 177 cm³/mol. The number of nitrogens with zero attached hydrogens (tertiary/aromatic N) is 2. The Balaban J connectivity index is 1.92. The fourth-order valence-electron chi connectivity index (χ4n) is 4.52. The van der Waals surface area contributed by atoms with Crippen LogP contribution < -0.4 is 24.0 Å². The Morgan fingerprint density at radius 1 is 0.592 bits per heavy atom. The van der Waals surface area contributed by atoms with Gasteiger partial charge in [-0.15, -0.1) is 0 Å². The van der Waals surface area contributed by atoms with Crippen LogP contribution in [0.5, 0.6) is 17.2 Å². The molecule has 3 rings (SSSR count). The Bertz CT molecular complexity index is 1560. The van der Waals surface area contributed by atoms with E-state index in [2.05, 4.69) is 0 Å². The molecule has 14 nitrogen and oxygen atoms in total. The highest BCUT2D eigenvalue weighted by atomic mass is 16.5. The highest BCUT2D eigenvalue weighted by molar-refractivity contribution is 5.87.